The van der Waals surface area contributed by atoms with Gasteiger partial charge in [-0.2, -0.15) is 0 Å². The van der Waals surface area contributed by atoms with Crippen LogP contribution in [0.1, 0.15) is 25.2 Å². The first kappa shape index (κ1) is 26.3. The molecule has 0 bridgehead atoms. The molecule has 1 fully saturated rings. The predicted octanol–water partition coefficient (Wildman–Crippen LogP) is 2.91. The number of methoxy groups -OCH3 is 2. The Bertz CT molecular complexity index is 850. The van der Waals surface area contributed by atoms with E-state index >= 15 is 0 Å². The fourth-order valence-corrected chi connectivity index (χ4v) is 3.68. The topological polar surface area (TPSA) is 82.7 Å². The van der Waals surface area contributed by atoms with Crippen LogP contribution in [-0.2, 0) is 12.1 Å². The van der Waals surface area contributed by atoms with Gasteiger partial charge in [0.2, 0.25) is 0 Å². The van der Waals surface area contributed by atoms with Crippen LogP contribution in [0.4, 0.5) is 0 Å². The summed E-state index contributed by atoms with van der Waals surface area (Å²) in [6.45, 7) is 9.06. The molecule has 1 aromatic heterocycles. The third-order valence-corrected chi connectivity index (χ3v) is 5.48. The maximum absolute atomic E-state index is 10.7. The van der Waals surface area contributed by atoms with Gasteiger partial charge < -0.3 is 29.2 Å². The highest BCUT2D eigenvalue weighted by Gasteiger charge is 2.27. The van der Waals surface area contributed by atoms with Crippen molar-refractivity contribution in [2.24, 2.45) is 4.99 Å². The number of ether oxygens (including phenoxy) is 2. The second kappa shape index (κ2) is 12.3. The molecule has 0 radical (unpaired) electrons. The minimum Gasteiger partial charge on any atom is -0.497 e. The maximum Gasteiger partial charge on any atom is 0.194 e. The van der Waals surface area contributed by atoms with Crippen molar-refractivity contribution in [3.8, 4) is 11.5 Å². The van der Waals surface area contributed by atoms with Gasteiger partial charge in [-0.1, -0.05) is 0 Å². The Kier molecular flexibility index (Phi) is 10.1. The summed E-state index contributed by atoms with van der Waals surface area (Å²) in [5.74, 6) is 3.04. The lowest BCUT2D eigenvalue weighted by Crippen LogP contribution is -2.52. The Hall–Kier alpha value is -1.98. The van der Waals surface area contributed by atoms with Gasteiger partial charge in [-0.3, -0.25) is 4.90 Å². The van der Waals surface area contributed by atoms with Crippen molar-refractivity contribution < 1.29 is 19.0 Å². The number of guanidine groups is 1. The van der Waals surface area contributed by atoms with E-state index in [1.807, 2.05) is 25.1 Å². The molecule has 1 unspecified atom stereocenters. The normalized spacial score (nSPS) is 16.8. The summed E-state index contributed by atoms with van der Waals surface area (Å²) < 4.78 is 16.2. The van der Waals surface area contributed by atoms with Gasteiger partial charge in [0.25, 0.3) is 0 Å². The van der Waals surface area contributed by atoms with Crippen LogP contribution in [0.5, 0.6) is 11.5 Å². The van der Waals surface area contributed by atoms with Gasteiger partial charge >= 0.3 is 0 Å². The van der Waals surface area contributed by atoms with E-state index in [0.29, 0.717) is 5.76 Å². The number of nitrogens with one attached hydrogen (secondary N) is 1. The monoisotopic (exact) mass is 558 g/mol. The van der Waals surface area contributed by atoms with Crippen LogP contribution in [0, 0.1) is 0 Å². The van der Waals surface area contributed by atoms with Crippen LogP contribution in [-0.4, -0.2) is 74.4 Å². The molecule has 3 rings (SSSR count). The van der Waals surface area contributed by atoms with Crippen molar-refractivity contribution in [3.05, 3.63) is 47.9 Å². The molecule has 2 heterocycles. The molecule has 0 amide bonds. The SMILES string of the molecule is CCNC(=NCC(C)(O)c1ccco1)N1CCN(Cc2cc(OC)ccc2OC)CC1.I. The summed E-state index contributed by atoms with van der Waals surface area (Å²) in [4.78, 5) is 9.33. The van der Waals surface area contributed by atoms with Crippen LogP contribution in [0.2, 0.25) is 0 Å². The number of aliphatic imine (C=N–C) groups is 1. The lowest BCUT2D eigenvalue weighted by Gasteiger charge is -2.37. The van der Waals surface area contributed by atoms with Crippen LogP contribution in [0.15, 0.2) is 46.0 Å². The lowest BCUT2D eigenvalue weighted by atomic mass is 10.0. The zero-order valence-corrected chi connectivity index (χ0v) is 21.7. The van der Waals surface area contributed by atoms with E-state index < -0.39 is 5.60 Å². The molecule has 9 heteroatoms. The van der Waals surface area contributed by atoms with Crippen molar-refractivity contribution in [2.75, 3.05) is 53.5 Å². The molecule has 32 heavy (non-hydrogen) atoms. The van der Waals surface area contributed by atoms with Gasteiger partial charge in [0, 0.05) is 44.8 Å². The molecule has 1 aromatic carbocycles. The van der Waals surface area contributed by atoms with E-state index in [1.165, 1.54) is 0 Å². The highest BCUT2D eigenvalue weighted by atomic mass is 127. The first-order valence-corrected chi connectivity index (χ1v) is 10.7. The third-order valence-electron chi connectivity index (χ3n) is 5.48. The Morgan fingerprint density at radius 3 is 2.53 bits per heavy atom. The predicted molar refractivity (Wildman–Crippen MR) is 136 cm³/mol. The molecule has 0 aliphatic carbocycles. The van der Waals surface area contributed by atoms with Crippen molar-refractivity contribution >= 4 is 29.9 Å². The number of nitrogens with zero attached hydrogens (tertiary/aromatic N) is 3. The second-order valence-corrected chi connectivity index (χ2v) is 7.86. The molecule has 0 saturated carbocycles. The van der Waals surface area contributed by atoms with Gasteiger partial charge in [-0.15, -0.1) is 24.0 Å². The van der Waals surface area contributed by atoms with E-state index in [4.69, 9.17) is 18.9 Å². The minimum atomic E-state index is -1.14. The number of furan rings is 1. The fourth-order valence-electron chi connectivity index (χ4n) is 3.68. The lowest BCUT2D eigenvalue weighted by molar-refractivity contribution is 0.0433. The van der Waals surface area contributed by atoms with E-state index in [0.717, 1.165) is 62.3 Å². The molecule has 2 N–H and O–H groups in total. The number of halogens is 1. The van der Waals surface area contributed by atoms with Gasteiger partial charge in [-0.05, 0) is 44.2 Å². The average molecular weight is 558 g/mol. The Labute approximate surface area is 207 Å². The molecule has 2 aromatic rings. The number of piperazine rings is 1. The van der Waals surface area contributed by atoms with Crippen LogP contribution in [0.3, 0.4) is 0 Å². The van der Waals surface area contributed by atoms with Crippen LogP contribution >= 0.6 is 24.0 Å². The molecule has 8 nitrogen and oxygen atoms in total. The number of rotatable bonds is 8. The highest BCUT2D eigenvalue weighted by Crippen LogP contribution is 2.26. The zero-order chi connectivity index (χ0) is 22.3. The fraction of sp³-hybridized carbons (Fsp3) is 0.522. The summed E-state index contributed by atoms with van der Waals surface area (Å²) >= 11 is 0. The summed E-state index contributed by atoms with van der Waals surface area (Å²) in [6, 6.07) is 9.44. The Morgan fingerprint density at radius 1 is 1.19 bits per heavy atom. The smallest absolute Gasteiger partial charge is 0.194 e. The van der Waals surface area contributed by atoms with E-state index in [9.17, 15) is 5.11 Å². The van der Waals surface area contributed by atoms with Crippen molar-refractivity contribution in [3.63, 3.8) is 0 Å². The number of benzene rings is 1. The summed E-state index contributed by atoms with van der Waals surface area (Å²) in [7, 11) is 3.37. The Morgan fingerprint density at radius 2 is 1.94 bits per heavy atom. The first-order chi connectivity index (χ1) is 15.0. The molecule has 0 spiro atoms. The number of hydrogen-bond donors (Lipinski definition) is 2. The largest absolute Gasteiger partial charge is 0.497 e. The minimum absolute atomic E-state index is 0. The quantitative estimate of drug-likeness (QED) is 0.293. The van der Waals surface area contributed by atoms with Gasteiger partial charge in [0.05, 0.1) is 27.0 Å². The summed E-state index contributed by atoms with van der Waals surface area (Å²) in [5, 5.41) is 14.1. The molecule has 1 atom stereocenters. The molecule has 178 valence electrons. The summed E-state index contributed by atoms with van der Waals surface area (Å²) in [6.07, 6.45) is 1.56. The van der Waals surface area contributed by atoms with Crippen molar-refractivity contribution in [1.29, 1.82) is 0 Å². The summed E-state index contributed by atoms with van der Waals surface area (Å²) in [5.41, 5.74) is -0.0279. The molecule has 1 aliphatic rings. The molecule has 1 aliphatic heterocycles. The maximum atomic E-state index is 10.7. The van der Waals surface area contributed by atoms with E-state index in [2.05, 4.69) is 15.1 Å². The van der Waals surface area contributed by atoms with Gasteiger partial charge in [-0.25, -0.2) is 4.99 Å². The molecule has 1 saturated heterocycles. The molecular formula is C23H35IN4O4. The second-order valence-electron chi connectivity index (χ2n) is 7.86. The standard InChI is InChI=1S/C23H34N4O4.HI/c1-5-24-22(25-17-23(2,28)21-7-6-14-31-21)27-12-10-26(11-13-27)16-18-15-19(29-3)8-9-20(18)30-4;/h6-9,14-15,28H,5,10-13,16-17H2,1-4H3,(H,24,25);1H. The Balaban J connectivity index is 0.00000363. The first-order valence-electron chi connectivity index (χ1n) is 10.7. The van der Waals surface area contributed by atoms with Gasteiger partial charge in [0.1, 0.15) is 22.9 Å². The molecular weight excluding hydrogens is 523 g/mol. The van der Waals surface area contributed by atoms with Gasteiger partial charge in [0.15, 0.2) is 5.96 Å². The third kappa shape index (κ3) is 6.76. The zero-order valence-electron chi connectivity index (χ0n) is 19.3. The van der Waals surface area contributed by atoms with Crippen LogP contribution in [0.25, 0.3) is 0 Å². The van der Waals surface area contributed by atoms with Crippen LogP contribution < -0.4 is 14.8 Å². The number of hydrogen-bond acceptors (Lipinski definition) is 6. The van der Waals surface area contributed by atoms with E-state index in [1.54, 1.807) is 39.5 Å². The number of aliphatic hydroxyl groups is 1. The van der Waals surface area contributed by atoms with Crippen molar-refractivity contribution in [2.45, 2.75) is 26.0 Å². The van der Waals surface area contributed by atoms with E-state index in [-0.39, 0.29) is 30.5 Å². The van der Waals surface area contributed by atoms with Crippen molar-refractivity contribution in [1.82, 2.24) is 15.1 Å². The average Bonchev–Trinajstić information content (AvgIpc) is 3.33. The highest BCUT2D eigenvalue weighted by molar-refractivity contribution is 14.0.